The van der Waals surface area contributed by atoms with Crippen molar-refractivity contribution in [2.75, 3.05) is 42.6 Å². The molecule has 2 aromatic carbocycles. The third kappa shape index (κ3) is 5.05. The highest BCUT2D eigenvalue weighted by Crippen LogP contribution is 2.34. The quantitative estimate of drug-likeness (QED) is 0.466. The topological polar surface area (TPSA) is 127 Å². The Kier molecular flexibility index (Phi) is 7.28. The van der Waals surface area contributed by atoms with Gasteiger partial charge in [0.1, 0.15) is 11.3 Å². The zero-order valence-electron chi connectivity index (χ0n) is 20.0. The van der Waals surface area contributed by atoms with Gasteiger partial charge in [0.15, 0.2) is 16.4 Å². The highest BCUT2D eigenvalue weighted by Gasteiger charge is 2.35. The molecule has 194 valence electrons. The largest absolute Gasteiger partial charge is 0.496 e. The summed E-state index contributed by atoms with van der Waals surface area (Å²) >= 11 is 0. The number of ether oxygens (including phenoxy) is 2. The molecule has 1 amide bonds. The maximum Gasteiger partial charge on any atom is 0.342 e. The maximum absolute atomic E-state index is 13.4. The molecule has 2 heterocycles. The molecular formula is C24H28N2O8S2. The highest BCUT2D eigenvalue weighted by atomic mass is 32.2. The van der Waals surface area contributed by atoms with Gasteiger partial charge in [-0.3, -0.25) is 9.10 Å². The number of sulfone groups is 1. The number of amides is 1. The first-order chi connectivity index (χ1) is 17.1. The minimum Gasteiger partial charge on any atom is -0.496 e. The van der Waals surface area contributed by atoms with E-state index >= 15 is 0 Å². The number of para-hydroxylation sites is 1. The van der Waals surface area contributed by atoms with Crippen LogP contribution in [0.5, 0.6) is 5.75 Å². The number of sulfonamides is 1. The highest BCUT2D eigenvalue weighted by molar-refractivity contribution is 7.93. The molecule has 1 fully saturated rings. The zero-order chi connectivity index (χ0) is 26.1. The summed E-state index contributed by atoms with van der Waals surface area (Å²) in [6.07, 6.45) is 0.919. The van der Waals surface area contributed by atoms with Crippen molar-refractivity contribution in [1.29, 1.82) is 0 Å². The molecule has 1 unspecified atom stereocenters. The first-order valence-corrected chi connectivity index (χ1v) is 14.8. The average molecular weight is 537 g/mol. The Morgan fingerprint density at radius 1 is 1.17 bits per heavy atom. The molecule has 0 radical (unpaired) electrons. The Balaban J connectivity index is 1.52. The number of fused-ring (bicyclic) bond motifs is 1. The SMILES string of the molecule is CCN(C(=O)COC(=O)c1cc(S(=O)(=O)N2CCc3ccccc32)ccc1OC)C1CCS(=O)(=O)C1. The number of hydrogen-bond acceptors (Lipinski definition) is 8. The lowest BCUT2D eigenvalue weighted by molar-refractivity contribution is -0.136. The lowest BCUT2D eigenvalue weighted by atomic mass is 10.2. The number of likely N-dealkylation sites (N-methyl/N-ethyl adjacent to an activating group) is 1. The Morgan fingerprint density at radius 3 is 2.58 bits per heavy atom. The zero-order valence-corrected chi connectivity index (χ0v) is 21.7. The number of benzene rings is 2. The second kappa shape index (κ2) is 10.1. The first-order valence-electron chi connectivity index (χ1n) is 11.5. The molecule has 0 bridgehead atoms. The van der Waals surface area contributed by atoms with Gasteiger partial charge >= 0.3 is 5.97 Å². The molecule has 0 aliphatic carbocycles. The number of carbonyl (C=O) groups excluding carboxylic acids is 2. The van der Waals surface area contributed by atoms with Crippen molar-refractivity contribution in [1.82, 2.24) is 4.90 Å². The van der Waals surface area contributed by atoms with Crippen LogP contribution in [0.3, 0.4) is 0 Å². The van der Waals surface area contributed by atoms with Crippen LogP contribution in [0, 0.1) is 0 Å². The lowest BCUT2D eigenvalue weighted by Gasteiger charge is -2.26. The number of methoxy groups -OCH3 is 1. The summed E-state index contributed by atoms with van der Waals surface area (Å²) in [6, 6.07) is 10.7. The number of rotatable bonds is 8. The van der Waals surface area contributed by atoms with Crippen molar-refractivity contribution in [3.63, 3.8) is 0 Å². The van der Waals surface area contributed by atoms with Gasteiger partial charge in [-0.25, -0.2) is 21.6 Å². The van der Waals surface area contributed by atoms with E-state index in [9.17, 15) is 26.4 Å². The predicted molar refractivity (Wildman–Crippen MR) is 132 cm³/mol. The lowest BCUT2D eigenvalue weighted by Crippen LogP contribution is -2.43. The van der Waals surface area contributed by atoms with Crippen LogP contribution in [-0.2, 0) is 35.8 Å². The van der Waals surface area contributed by atoms with Gasteiger partial charge in [-0.15, -0.1) is 0 Å². The fourth-order valence-corrected chi connectivity index (χ4v) is 7.90. The Hall–Kier alpha value is -3.12. The molecule has 1 atom stereocenters. The fourth-order valence-electron chi connectivity index (χ4n) is 4.64. The van der Waals surface area contributed by atoms with Gasteiger partial charge in [0.2, 0.25) is 0 Å². The third-order valence-electron chi connectivity index (χ3n) is 6.46. The van der Waals surface area contributed by atoms with Crippen LogP contribution in [0.1, 0.15) is 29.3 Å². The van der Waals surface area contributed by atoms with Crippen LogP contribution in [0.2, 0.25) is 0 Å². The van der Waals surface area contributed by atoms with Crippen molar-refractivity contribution in [3.8, 4) is 5.75 Å². The molecule has 2 aromatic rings. The molecule has 0 N–H and O–H groups in total. The number of esters is 1. The van der Waals surface area contributed by atoms with E-state index in [1.54, 1.807) is 19.1 Å². The minimum atomic E-state index is -3.97. The van der Waals surface area contributed by atoms with E-state index in [0.29, 0.717) is 18.5 Å². The van der Waals surface area contributed by atoms with Gasteiger partial charge in [-0.05, 0) is 49.6 Å². The minimum absolute atomic E-state index is 0.0151. The van der Waals surface area contributed by atoms with Crippen LogP contribution in [0.15, 0.2) is 47.4 Å². The average Bonchev–Trinajstić information content (AvgIpc) is 3.46. The van der Waals surface area contributed by atoms with Crippen molar-refractivity contribution in [2.45, 2.75) is 30.7 Å². The third-order valence-corrected chi connectivity index (χ3v) is 10.0. The molecule has 0 aromatic heterocycles. The second-order valence-corrected chi connectivity index (χ2v) is 12.7. The van der Waals surface area contributed by atoms with E-state index in [-0.39, 0.29) is 40.8 Å². The molecule has 12 heteroatoms. The van der Waals surface area contributed by atoms with Crippen molar-refractivity contribution >= 4 is 37.4 Å². The van der Waals surface area contributed by atoms with Gasteiger partial charge < -0.3 is 14.4 Å². The summed E-state index contributed by atoms with van der Waals surface area (Å²) in [5, 5.41) is 0. The maximum atomic E-state index is 13.4. The summed E-state index contributed by atoms with van der Waals surface area (Å²) in [5.74, 6) is -1.45. The normalized spacial score (nSPS) is 18.5. The summed E-state index contributed by atoms with van der Waals surface area (Å²) < 4.78 is 62.1. The van der Waals surface area contributed by atoms with E-state index in [0.717, 1.165) is 5.56 Å². The van der Waals surface area contributed by atoms with Crippen LogP contribution in [0.25, 0.3) is 0 Å². The van der Waals surface area contributed by atoms with Crippen LogP contribution < -0.4 is 9.04 Å². The molecule has 4 rings (SSSR count). The van der Waals surface area contributed by atoms with Crippen LogP contribution >= 0.6 is 0 Å². The molecule has 36 heavy (non-hydrogen) atoms. The van der Waals surface area contributed by atoms with Gasteiger partial charge in [0, 0.05) is 19.1 Å². The molecule has 2 aliphatic heterocycles. The van der Waals surface area contributed by atoms with E-state index in [1.165, 1.54) is 34.5 Å². The number of carbonyl (C=O) groups is 2. The molecule has 1 saturated heterocycles. The molecule has 2 aliphatic rings. The van der Waals surface area contributed by atoms with Crippen LogP contribution in [-0.4, -0.2) is 78.0 Å². The Morgan fingerprint density at radius 2 is 1.92 bits per heavy atom. The molecule has 10 nitrogen and oxygen atoms in total. The number of anilines is 1. The Labute approximate surface area is 210 Å². The summed E-state index contributed by atoms with van der Waals surface area (Å²) in [4.78, 5) is 26.9. The predicted octanol–water partition coefficient (Wildman–Crippen LogP) is 1.64. The van der Waals surface area contributed by atoms with E-state index in [1.807, 2.05) is 12.1 Å². The van der Waals surface area contributed by atoms with E-state index in [2.05, 4.69) is 0 Å². The number of nitrogens with zero attached hydrogens (tertiary/aromatic N) is 2. The fraction of sp³-hybridized carbons (Fsp3) is 0.417. The van der Waals surface area contributed by atoms with E-state index in [4.69, 9.17) is 9.47 Å². The van der Waals surface area contributed by atoms with Crippen molar-refractivity contribution < 1.29 is 35.9 Å². The monoisotopic (exact) mass is 536 g/mol. The standard InChI is InChI=1S/C24H28N2O8S2/c1-3-25(18-11-13-35(29,30)16-18)23(27)15-34-24(28)20-14-19(8-9-22(20)33-2)36(31,32)26-12-10-17-6-4-5-7-21(17)26/h4-9,14,18H,3,10-13,15-16H2,1-2H3. The Bertz CT molecular complexity index is 1390. The molecule has 0 spiro atoms. The van der Waals surface area contributed by atoms with Crippen molar-refractivity contribution in [2.24, 2.45) is 0 Å². The van der Waals surface area contributed by atoms with E-state index < -0.39 is 44.4 Å². The summed E-state index contributed by atoms with van der Waals surface area (Å²) in [6.45, 7) is 1.66. The van der Waals surface area contributed by atoms with Crippen LogP contribution in [0.4, 0.5) is 5.69 Å². The van der Waals surface area contributed by atoms with Gasteiger partial charge in [-0.2, -0.15) is 0 Å². The van der Waals surface area contributed by atoms with Crippen molar-refractivity contribution in [3.05, 3.63) is 53.6 Å². The van der Waals surface area contributed by atoms with Gasteiger partial charge in [-0.1, -0.05) is 18.2 Å². The number of hydrogen-bond donors (Lipinski definition) is 0. The molecular weight excluding hydrogens is 508 g/mol. The summed E-state index contributed by atoms with van der Waals surface area (Å²) in [7, 11) is -5.82. The second-order valence-electron chi connectivity index (χ2n) is 8.63. The smallest absolute Gasteiger partial charge is 0.342 e. The van der Waals surface area contributed by atoms with Gasteiger partial charge in [0.25, 0.3) is 15.9 Å². The first kappa shape index (κ1) is 26.0. The summed E-state index contributed by atoms with van der Waals surface area (Å²) in [5.41, 5.74) is 1.38. The van der Waals surface area contributed by atoms with Gasteiger partial charge in [0.05, 0.1) is 29.2 Å². The molecule has 0 saturated carbocycles.